The normalized spacial score (nSPS) is 24.5. The maximum absolute atomic E-state index is 13.9. The number of carbonyl (C=O) groups is 1. The fourth-order valence-electron chi connectivity index (χ4n) is 5.23. The number of hydrogen-bond donors (Lipinski definition) is 0. The topological polar surface area (TPSA) is 54.4 Å². The summed E-state index contributed by atoms with van der Waals surface area (Å²) in [6.07, 6.45) is 3.55. The predicted molar refractivity (Wildman–Crippen MR) is 129 cm³/mol. The number of amides is 1. The van der Waals surface area contributed by atoms with Crippen LogP contribution in [0.15, 0.2) is 47.5 Å². The van der Waals surface area contributed by atoms with Crippen molar-refractivity contribution < 1.29 is 27.4 Å². The molecule has 0 bridgehead atoms. The highest BCUT2D eigenvalue weighted by molar-refractivity contribution is 6.26. The van der Waals surface area contributed by atoms with Gasteiger partial charge in [-0.25, -0.2) is 18.0 Å². The third-order valence-electron chi connectivity index (χ3n) is 7.15. The number of halogens is 3. The Hall–Kier alpha value is -3.33. The Bertz CT molecular complexity index is 1200. The zero-order valence-electron chi connectivity index (χ0n) is 20.2. The molecule has 2 saturated heterocycles. The van der Waals surface area contributed by atoms with E-state index in [4.69, 9.17) is 14.5 Å². The molecule has 0 radical (unpaired) electrons. The number of para-hydroxylation sites is 1. The first-order valence-corrected chi connectivity index (χ1v) is 12.1. The van der Waals surface area contributed by atoms with Crippen LogP contribution in [-0.2, 0) is 4.74 Å². The lowest BCUT2D eigenvalue weighted by Gasteiger charge is -2.30. The van der Waals surface area contributed by atoms with Crippen LogP contribution < -0.4 is 4.74 Å². The molecule has 1 amide bonds. The Kier molecular flexibility index (Phi) is 6.75. The molecule has 3 aliphatic rings. The van der Waals surface area contributed by atoms with Gasteiger partial charge in [-0.15, -0.1) is 0 Å². The minimum atomic E-state index is -1.55. The molecule has 2 aromatic rings. The first-order valence-electron chi connectivity index (χ1n) is 12.1. The average Bonchev–Trinajstić information content (AvgIpc) is 3.52. The maximum atomic E-state index is 13.9. The summed E-state index contributed by atoms with van der Waals surface area (Å²) in [4.78, 5) is 21.8. The van der Waals surface area contributed by atoms with E-state index in [1.54, 1.807) is 14.0 Å². The highest BCUT2D eigenvalue weighted by atomic mass is 19.2. The molecule has 0 aliphatic carbocycles. The summed E-state index contributed by atoms with van der Waals surface area (Å²) in [5, 5.41) is 0. The van der Waals surface area contributed by atoms with E-state index in [1.807, 2.05) is 24.3 Å². The number of rotatable bonds is 6. The Balaban J connectivity index is 1.45. The van der Waals surface area contributed by atoms with Gasteiger partial charge in [0.25, 0.3) is 0 Å². The van der Waals surface area contributed by atoms with E-state index in [9.17, 15) is 18.0 Å². The minimum Gasteiger partial charge on any atom is -0.496 e. The molecule has 0 aromatic heterocycles. The fourth-order valence-corrected chi connectivity index (χ4v) is 5.23. The molecule has 3 heterocycles. The number of likely N-dealkylation sites (tertiary alicyclic amines) is 1. The molecule has 0 N–H and O–H groups in total. The van der Waals surface area contributed by atoms with Crippen LogP contribution >= 0.6 is 0 Å². The molecule has 0 saturated carbocycles. The van der Waals surface area contributed by atoms with Gasteiger partial charge in [0.15, 0.2) is 17.5 Å². The molecule has 9 heteroatoms. The summed E-state index contributed by atoms with van der Waals surface area (Å²) in [7, 11) is 1.61. The molecule has 5 rings (SSSR count). The van der Waals surface area contributed by atoms with Gasteiger partial charge >= 0.3 is 6.09 Å². The van der Waals surface area contributed by atoms with Crippen molar-refractivity contribution in [3.05, 3.63) is 71.1 Å². The monoisotopic (exact) mass is 499 g/mol. The number of cyclic esters (lactones) is 1. The number of benzene rings is 2. The second-order valence-corrected chi connectivity index (χ2v) is 9.32. The summed E-state index contributed by atoms with van der Waals surface area (Å²) < 4.78 is 52.3. The summed E-state index contributed by atoms with van der Waals surface area (Å²) >= 11 is 0. The smallest absolute Gasteiger partial charge is 0.411 e. The summed E-state index contributed by atoms with van der Waals surface area (Å²) in [6.45, 7) is 3.84. The first kappa shape index (κ1) is 24.4. The molecule has 2 fully saturated rings. The predicted octanol–water partition coefficient (Wildman–Crippen LogP) is 5.34. The average molecular weight is 500 g/mol. The zero-order chi connectivity index (χ0) is 25.4. The van der Waals surface area contributed by atoms with Gasteiger partial charge in [-0.05, 0) is 38.0 Å². The van der Waals surface area contributed by atoms with Gasteiger partial charge in [0.2, 0.25) is 0 Å². The molecule has 3 unspecified atom stereocenters. The lowest BCUT2D eigenvalue weighted by atomic mass is 9.95. The van der Waals surface area contributed by atoms with E-state index in [1.165, 1.54) is 4.90 Å². The highest BCUT2D eigenvalue weighted by Gasteiger charge is 2.41. The number of nitrogens with zero attached hydrogens (tertiary/aromatic N) is 3. The van der Waals surface area contributed by atoms with Crippen LogP contribution in [0, 0.1) is 17.5 Å². The fraction of sp³-hybridized carbons (Fsp3) is 0.407. The van der Waals surface area contributed by atoms with Crippen molar-refractivity contribution in [2.24, 2.45) is 4.99 Å². The van der Waals surface area contributed by atoms with Crippen LogP contribution in [-0.4, -0.2) is 60.6 Å². The largest absolute Gasteiger partial charge is 0.496 e. The number of hydrogen-bond acceptors (Lipinski definition) is 5. The van der Waals surface area contributed by atoms with E-state index in [0.717, 1.165) is 55.6 Å². The van der Waals surface area contributed by atoms with Crippen molar-refractivity contribution in [2.75, 3.05) is 26.7 Å². The summed E-state index contributed by atoms with van der Waals surface area (Å²) in [5.41, 5.74) is 2.53. The summed E-state index contributed by atoms with van der Waals surface area (Å²) in [6, 6.07) is 8.83. The Morgan fingerprint density at radius 2 is 1.81 bits per heavy atom. The van der Waals surface area contributed by atoms with Gasteiger partial charge in [-0.3, -0.25) is 14.8 Å². The maximum Gasteiger partial charge on any atom is 0.411 e. The van der Waals surface area contributed by atoms with E-state index < -0.39 is 35.7 Å². The van der Waals surface area contributed by atoms with E-state index in [0.29, 0.717) is 11.5 Å². The van der Waals surface area contributed by atoms with Gasteiger partial charge in [-0.2, -0.15) is 0 Å². The van der Waals surface area contributed by atoms with Gasteiger partial charge < -0.3 is 9.47 Å². The Labute approximate surface area is 208 Å². The lowest BCUT2D eigenvalue weighted by Crippen LogP contribution is -2.40. The van der Waals surface area contributed by atoms with E-state index >= 15 is 0 Å². The standard InChI is InChI=1S/C27H28F3N3O3/c1-16-26(17-13-20(28)25(30)21(29)14-17)36-27(34)33(16)15-22-18(19-7-3-4-8-23(19)35-2)9-10-24(31-22)32-11-5-6-12-32/h3-4,7-9,13-14,16,24,26H,5-6,10-12,15H2,1-2H3. The molecular formula is C27H28F3N3O3. The lowest BCUT2D eigenvalue weighted by molar-refractivity contribution is 0.130. The zero-order valence-corrected chi connectivity index (χ0v) is 20.2. The van der Waals surface area contributed by atoms with Gasteiger partial charge in [0.05, 0.1) is 25.4 Å². The highest BCUT2D eigenvalue weighted by Crippen LogP contribution is 2.36. The molecule has 3 atom stereocenters. The van der Waals surface area contributed by atoms with Gasteiger partial charge in [0, 0.05) is 36.2 Å². The van der Waals surface area contributed by atoms with Crippen molar-refractivity contribution in [1.29, 1.82) is 0 Å². The SMILES string of the molecule is COc1ccccc1C1=CCC(N2CCCC2)N=C1CN1C(=O)OC(c2cc(F)c(F)c(F)c2)C1C. The van der Waals surface area contributed by atoms with Gasteiger partial charge in [-0.1, -0.05) is 24.3 Å². The number of ether oxygens (including phenoxy) is 2. The van der Waals surface area contributed by atoms with Crippen LogP contribution in [0.3, 0.4) is 0 Å². The molecule has 2 aromatic carbocycles. The molecule has 36 heavy (non-hydrogen) atoms. The van der Waals surface area contributed by atoms with Crippen LogP contribution in [0.25, 0.3) is 5.57 Å². The Morgan fingerprint density at radius 1 is 1.11 bits per heavy atom. The van der Waals surface area contributed by atoms with Crippen LogP contribution in [0.1, 0.15) is 43.4 Å². The van der Waals surface area contributed by atoms with Crippen molar-refractivity contribution >= 4 is 17.4 Å². The van der Waals surface area contributed by atoms with Crippen molar-refractivity contribution in [3.8, 4) is 5.75 Å². The third kappa shape index (κ3) is 4.48. The number of carbonyl (C=O) groups excluding carboxylic acids is 1. The summed E-state index contributed by atoms with van der Waals surface area (Å²) in [5.74, 6) is -3.50. The second kappa shape index (κ2) is 9.97. The molecular weight excluding hydrogens is 471 g/mol. The molecule has 190 valence electrons. The number of dihydropyridines is 1. The van der Waals surface area contributed by atoms with Crippen molar-refractivity contribution in [2.45, 2.75) is 44.5 Å². The minimum absolute atomic E-state index is 0.0222. The second-order valence-electron chi connectivity index (χ2n) is 9.32. The first-order chi connectivity index (χ1) is 17.4. The third-order valence-corrected chi connectivity index (χ3v) is 7.15. The number of methoxy groups -OCH3 is 1. The molecule has 0 spiro atoms. The van der Waals surface area contributed by atoms with Crippen molar-refractivity contribution in [1.82, 2.24) is 9.80 Å². The van der Waals surface area contributed by atoms with E-state index in [-0.39, 0.29) is 18.3 Å². The van der Waals surface area contributed by atoms with Gasteiger partial charge in [0.1, 0.15) is 18.0 Å². The van der Waals surface area contributed by atoms with Crippen LogP contribution in [0.5, 0.6) is 5.75 Å². The quantitative estimate of drug-likeness (QED) is 0.504. The van der Waals surface area contributed by atoms with E-state index in [2.05, 4.69) is 11.0 Å². The van der Waals surface area contributed by atoms with Crippen molar-refractivity contribution in [3.63, 3.8) is 0 Å². The molecule has 3 aliphatic heterocycles. The van der Waals surface area contributed by atoms with Crippen LogP contribution in [0.2, 0.25) is 0 Å². The molecule has 6 nitrogen and oxygen atoms in total. The van der Waals surface area contributed by atoms with Crippen LogP contribution in [0.4, 0.5) is 18.0 Å². The Morgan fingerprint density at radius 3 is 2.50 bits per heavy atom. The number of aliphatic imine (C=N–C) groups is 1.